The first kappa shape index (κ1) is 17.8. The number of rotatable bonds is 6. The molecule has 2 rings (SSSR count). The Morgan fingerprint density at radius 2 is 2.12 bits per heavy atom. The fraction of sp³-hybridized carbons (Fsp3) is 0.389. The van der Waals surface area contributed by atoms with Crippen molar-refractivity contribution in [1.82, 2.24) is 10.6 Å². The molecule has 0 saturated carbocycles. The molecule has 24 heavy (non-hydrogen) atoms. The molecule has 2 aromatic rings. The molecular formula is C18H24FN3O2. The van der Waals surface area contributed by atoms with Crippen LogP contribution >= 0.6 is 0 Å². The summed E-state index contributed by atoms with van der Waals surface area (Å²) < 4.78 is 24.7. The summed E-state index contributed by atoms with van der Waals surface area (Å²) in [6, 6.07) is 8.76. The number of halogens is 1. The number of aliphatic imine (C=N–C) groups is 1. The molecular weight excluding hydrogens is 309 g/mol. The maximum Gasteiger partial charge on any atom is 0.191 e. The number of guanidine groups is 1. The SMILES string of the molecule is CCOc1ccc(CNC(=NC)NC(C)c2ccc(C)o2)cc1F. The van der Waals surface area contributed by atoms with Gasteiger partial charge in [-0.05, 0) is 50.6 Å². The molecule has 1 unspecified atom stereocenters. The van der Waals surface area contributed by atoms with Gasteiger partial charge in [0, 0.05) is 13.6 Å². The molecule has 0 radical (unpaired) electrons. The van der Waals surface area contributed by atoms with Gasteiger partial charge in [0.15, 0.2) is 17.5 Å². The van der Waals surface area contributed by atoms with Crippen LogP contribution in [0.25, 0.3) is 0 Å². The predicted octanol–water partition coefficient (Wildman–Crippen LogP) is 3.55. The number of ether oxygens (including phenoxy) is 1. The van der Waals surface area contributed by atoms with Gasteiger partial charge in [-0.1, -0.05) is 6.07 Å². The van der Waals surface area contributed by atoms with Crippen molar-refractivity contribution >= 4 is 5.96 Å². The molecule has 0 saturated heterocycles. The number of benzene rings is 1. The highest BCUT2D eigenvalue weighted by Gasteiger charge is 2.11. The van der Waals surface area contributed by atoms with Gasteiger partial charge >= 0.3 is 0 Å². The molecule has 1 aromatic carbocycles. The van der Waals surface area contributed by atoms with Crippen LogP contribution in [-0.2, 0) is 6.54 Å². The lowest BCUT2D eigenvalue weighted by atomic mass is 10.2. The van der Waals surface area contributed by atoms with Crippen molar-refractivity contribution < 1.29 is 13.5 Å². The monoisotopic (exact) mass is 333 g/mol. The highest BCUT2D eigenvalue weighted by Crippen LogP contribution is 2.18. The van der Waals surface area contributed by atoms with Crippen LogP contribution < -0.4 is 15.4 Å². The van der Waals surface area contributed by atoms with Gasteiger partial charge in [-0.15, -0.1) is 0 Å². The summed E-state index contributed by atoms with van der Waals surface area (Å²) >= 11 is 0. The van der Waals surface area contributed by atoms with E-state index in [1.807, 2.05) is 39.0 Å². The standard InChI is InChI=1S/C18H24FN3O2/c1-5-23-17-9-7-14(10-15(17)19)11-21-18(20-4)22-13(3)16-8-6-12(2)24-16/h6-10,13H,5,11H2,1-4H3,(H2,20,21,22). The Bertz CT molecular complexity index is 697. The summed E-state index contributed by atoms with van der Waals surface area (Å²) in [7, 11) is 1.69. The third-order valence-electron chi connectivity index (χ3n) is 3.52. The van der Waals surface area contributed by atoms with E-state index in [-0.39, 0.29) is 17.6 Å². The second-order valence-corrected chi connectivity index (χ2v) is 5.44. The molecule has 1 aromatic heterocycles. The van der Waals surface area contributed by atoms with Crippen LogP contribution in [-0.4, -0.2) is 19.6 Å². The summed E-state index contributed by atoms with van der Waals surface area (Å²) in [4.78, 5) is 4.18. The summed E-state index contributed by atoms with van der Waals surface area (Å²) in [5.74, 6) is 2.23. The minimum absolute atomic E-state index is 0.0260. The maximum atomic E-state index is 13.9. The Hall–Kier alpha value is -2.50. The van der Waals surface area contributed by atoms with Crippen molar-refractivity contribution in [3.8, 4) is 5.75 Å². The number of nitrogens with zero attached hydrogens (tertiary/aromatic N) is 1. The number of hydrogen-bond acceptors (Lipinski definition) is 3. The van der Waals surface area contributed by atoms with Crippen molar-refractivity contribution in [1.29, 1.82) is 0 Å². The summed E-state index contributed by atoms with van der Waals surface area (Å²) in [5, 5.41) is 6.40. The Labute approximate surface area is 141 Å². The molecule has 0 aliphatic rings. The highest BCUT2D eigenvalue weighted by molar-refractivity contribution is 5.80. The largest absolute Gasteiger partial charge is 0.491 e. The molecule has 130 valence electrons. The summed E-state index contributed by atoms with van der Waals surface area (Å²) in [6.07, 6.45) is 0. The lowest BCUT2D eigenvalue weighted by Crippen LogP contribution is -2.38. The van der Waals surface area contributed by atoms with Gasteiger partial charge in [0.2, 0.25) is 0 Å². The summed E-state index contributed by atoms with van der Waals surface area (Å²) in [5.41, 5.74) is 0.806. The predicted molar refractivity (Wildman–Crippen MR) is 92.8 cm³/mol. The van der Waals surface area contributed by atoms with Gasteiger partial charge in [0.1, 0.15) is 11.5 Å². The van der Waals surface area contributed by atoms with E-state index in [0.29, 0.717) is 19.1 Å². The number of furan rings is 1. The number of nitrogens with one attached hydrogen (secondary N) is 2. The van der Waals surface area contributed by atoms with Crippen LogP contribution in [0.4, 0.5) is 4.39 Å². The molecule has 2 N–H and O–H groups in total. The van der Waals surface area contributed by atoms with E-state index in [4.69, 9.17) is 9.15 Å². The zero-order valence-corrected chi connectivity index (χ0v) is 14.5. The minimum Gasteiger partial charge on any atom is -0.491 e. The molecule has 6 heteroatoms. The van der Waals surface area contributed by atoms with Gasteiger partial charge in [-0.25, -0.2) is 4.39 Å². The molecule has 1 heterocycles. The van der Waals surface area contributed by atoms with E-state index in [1.165, 1.54) is 6.07 Å². The van der Waals surface area contributed by atoms with E-state index in [9.17, 15) is 4.39 Å². The maximum absolute atomic E-state index is 13.9. The zero-order chi connectivity index (χ0) is 17.5. The van der Waals surface area contributed by atoms with Gasteiger partial charge in [0.25, 0.3) is 0 Å². The topological polar surface area (TPSA) is 58.8 Å². The van der Waals surface area contributed by atoms with E-state index in [1.54, 1.807) is 13.1 Å². The van der Waals surface area contributed by atoms with Crippen molar-refractivity contribution in [2.24, 2.45) is 4.99 Å². The van der Waals surface area contributed by atoms with Crippen molar-refractivity contribution in [3.63, 3.8) is 0 Å². The van der Waals surface area contributed by atoms with E-state index in [0.717, 1.165) is 17.1 Å². The fourth-order valence-electron chi connectivity index (χ4n) is 2.27. The van der Waals surface area contributed by atoms with Gasteiger partial charge in [0.05, 0.1) is 12.6 Å². The summed E-state index contributed by atoms with van der Waals surface area (Å²) in [6.45, 7) is 6.61. The quantitative estimate of drug-likeness (QED) is 0.627. The van der Waals surface area contributed by atoms with E-state index in [2.05, 4.69) is 15.6 Å². The lowest BCUT2D eigenvalue weighted by Gasteiger charge is -2.16. The number of aryl methyl sites for hydroxylation is 1. The first-order valence-electron chi connectivity index (χ1n) is 7.98. The third-order valence-corrected chi connectivity index (χ3v) is 3.52. The number of hydrogen-bond donors (Lipinski definition) is 2. The molecule has 0 aliphatic carbocycles. The fourth-order valence-corrected chi connectivity index (χ4v) is 2.27. The molecule has 0 aliphatic heterocycles. The van der Waals surface area contributed by atoms with Crippen LogP contribution in [0.15, 0.2) is 39.7 Å². The van der Waals surface area contributed by atoms with Crippen LogP contribution in [0.1, 0.15) is 37.0 Å². The smallest absolute Gasteiger partial charge is 0.191 e. The van der Waals surface area contributed by atoms with E-state index < -0.39 is 0 Å². The Morgan fingerprint density at radius 3 is 2.71 bits per heavy atom. The van der Waals surface area contributed by atoms with Gasteiger partial charge in [-0.3, -0.25) is 4.99 Å². The molecule has 5 nitrogen and oxygen atoms in total. The molecule has 0 fully saturated rings. The first-order chi connectivity index (χ1) is 11.5. The Morgan fingerprint density at radius 1 is 1.33 bits per heavy atom. The van der Waals surface area contributed by atoms with E-state index >= 15 is 0 Å². The second kappa shape index (κ2) is 8.38. The molecule has 0 spiro atoms. The zero-order valence-electron chi connectivity index (χ0n) is 14.5. The molecule has 0 bridgehead atoms. The lowest BCUT2D eigenvalue weighted by molar-refractivity contribution is 0.321. The van der Waals surface area contributed by atoms with Crippen molar-refractivity contribution in [2.75, 3.05) is 13.7 Å². The highest BCUT2D eigenvalue weighted by atomic mass is 19.1. The minimum atomic E-state index is -0.362. The van der Waals surface area contributed by atoms with Crippen LogP contribution in [0.5, 0.6) is 5.75 Å². The average Bonchev–Trinajstić information content (AvgIpc) is 3.00. The van der Waals surface area contributed by atoms with Crippen molar-refractivity contribution in [2.45, 2.75) is 33.4 Å². The molecule has 0 amide bonds. The second-order valence-electron chi connectivity index (χ2n) is 5.44. The van der Waals surface area contributed by atoms with Crippen LogP contribution in [0, 0.1) is 12.7 Å². The average molecular weight is 333 g/mol. The Balaban J connectivity index is 1.93. The van der Waals surface area contributed by atoms with Gasteiger partial charge in [-0.2, -0.15) is 0 Å². The van der Waals surface area contributed by atoms with Crippen molar-refractivity contribution in [3.05, 3.63) is 53.2 Å². The molecule has 1 atom stereocenters. The first-order valence-corrected chi connectivity index (χ1v) is 7.98. The van der Waals surface area contributed by atoms with Gasteiger partial charge < -0.3 is 19.8 Å². The van der Waals surface area contributed by atoms with Crippen LogP contribution in [0.3, 0.4) is 0 Å². The Kier molecular flexibility index (Phi) is 6.23. The third kappa shape index (κ3) is 4.75. The normalized spacial score (nSPS) is 12.8. The van der Waals surface area contributed by atoms with Crippen LogP contribution in [0.2, 0.25) is 0 Å².